The van der Waals surface area contributed by atoms with Gasteiger partial charge in [0.05, 0.1) is 5.69 Å². The number of carbonyl (C=O) groups excluding carboxylic acids is 1. The van der Waals surface area contributed by atoms with Crippen molar-refractivity contribution in [1.29, 1.82) is 0 Å². The summed E-state index contributed by atoms with van der Waals surface area (Å²) in [6.45, 7) is 4.54. The predicted octanol–water partition coefficient (Wildman–Crippen LogP) is 1.64. The molecule has 0 radical (unpaired) electrons. The van der Waals surface area contributed by atoms with Crippen LogP contribution in [0.2, 0.25) is 0 Å². The highest BCUT2D eigenvalue weighted by atomic mass is 32.1. The third kappa shape index (κ3) is 5.67. The molecule has 9 heteroatoms. The number of aliphatic hydroxyl groups excluding tert-OH is 1. The molecular weight excluding hydrogens is 394 g/mol. The Morgan fingerprint density at radius 3 is 2.82 bits per heavy atom. The fourth-order valence-corrected chi connectivity index (χ4v) is 3.13. The molecule has 0 unspecified atom stereocenters. The monoisotopic (exact) mass is 418 g/mol. The predicted molar refractivity (Wildman–Crippen MR) is 115 cm³/mol. The fourth-order valence-electron chi connectivity index (χ4n) is 2.25. The third-order valence-electron chi connectivity index (χ3n) is 3.79. The van der Waals surface area contributed by atoms with Crippen molar-refractivity contribution in [2.75, 3.05) is 6.54 Å². The van der Waals surface area contributed by atoms with Gasteiger partial charge >= 0.3 is 0 Å². The number of nitrogens with one attached hydrogen (secondary N) is 1. The Morgan fingerprint density at radius 2 is 2.21 bits per heavy atom. The molecule has 0 fully saturated rings. The molecule has 148 valence electrons. The molecule has 0 bridgehead atoms. The Bertz CT molecular complexity index is 905. The summed E-state index contributed by atoms with van der Waals surface area (Å²) >= 11 is 5.62. The number of pyridine rings is 1. The van der Waals surface area contributed by atoms with E-state index < -0.39 is 11.7 Å². The highest BCUT2D eigenvalue weighted by molar-refractivity contribution is 7.80. The van der Waals surface area contributed by atoms with Crippen molar-refractivity contribution in [3.8, 4) is 0 Å². The number of carbonyl (C=O) groups is 1. The second-order valence-electron chi connectivity index (χ2n) is 6.41. The lowest BCUT2D eigenvalue weighted by Gasteiger charge is -2.11. The van der Waals surface area contributed by atoms with Crippen LogP contribution in [0.4, 0.5) is 5.69 Å². The maximum atomic E-state index is 12.8. The van der Waals surface area contributed by atoms with E-state index in [-0.39, 0.29) is 17.1 Å². The molecule has 2 heterocycles. The van der Waals surface area contributed by atoms with E-state index in [1.165, 1.54) is 23.7 Å². The molecule has 0 saturated heterocycles. The van der Waals surface area contributed by atoms with Crippen molar-refractivity contribution in [3.05, 3.63) is 52.2 Å². The van der Waals surface area contributed by atoms with Gasteiger partial charge in [0.15, 0.2) is 0 Å². The number of allylic oxidation sites excluding steroid dienone is 1. The number of amidine groups is 1. The first kappa shape index (κ1) is 21.6. The number of amides is 1. The molecule has 0 aliphatic carbocycles. The van der Waals surface area contributed by atoms with E-state index in [1.54, 1.807) is 18.2 Å². The van der Waals surface area contributed by atoms with Gasteiger partial charge in [0.2, 0.25) is 5.76 Å². The molecule has 2 aromatic heterocycles. The van der Waals surface area contributed by atoms with Gasteiger partial charge in [-0.15, -0.1) is 24.0 Å². The van der Waals surface area contributed by atoms with Crippen LogP contribution in [0.1, 0.15) is 25.1 Å². The van der Waals surface area contributed by atoms with Crippen LogP contribution in [0.25, 0.3) is 0 Å². The maximum absolute atomic E-state index is 12.8. The molecule has 0 atom stereocenters. The third-order valence-corrected chi connectivity index (χ3v) is 5.04. The molecule has 28 heavy (non-hydrogen) atoms. The molecular formula is C19H24N5O2S2+. The van der Waals surface area contributed by atoms with Gasteiger partial charge in [0, 0.05) is 23.8 Å². The van der Waals surface area contributed by atoms with Crippen LogP contribution < -0.4 is 16.5 Å². The number of nitrogens with zero attached hydrogens (tertiary/aromatic N) is 2. The molecule has 0 aliphatic rings. The summed E-state index contributed by atoms with van der Waals surface area (Å²) in [5, 5.41) is 21.4. The summed E-state index contributed by atoms with van der Waals surface area (Å²) in [5.41, 5.74) is 6.39. The minimum Gasteiger partial charge on any atom is -0.502 e. The van der Waals surface area contributed by atoms with E-state index in [1.807, 2.05) is 5.38 Å². The lowest BCUT2D eigenvalue weighted by atomic mass is 10.1. The minimum absolute atomic E-state index is 0.0583. The summed E-state index contributed by atoms with van der Waals surface area (Å²) in [6, 6.07) is 5.14. The number of hydrogen-bond donors (Lipinski definition) is 5. The number of aliphatic imine (C=N–C) groups is 1. The quantitative estimate of drug-likeness (QED) is 0.147. The van der Waals surface area contributed by atoms with Crippen LogP contribution >= 0.6 is 24.0 Å². The number of aliphatic hydroxyl groups is 1. The van der Waals surface area contributed by atoms with Crippen LogP contribution in [0.5, 0.6) is 0 Å². The van der Waals surface area contributed by atoms with Gasteiger partial charge in [-0.1, -0.05) is 19.9 Å². The number of thiol groups is 1. The molecule has 0 aliphatic heterocycles. The van der Waals surface area contributed by atoms with E-state index >= 15 is 0 Å². The van der Waals surface area contributed by atoms with Gasteiger partial charge in [0.1, 0.15) is 16.3 Å². The highest BCUT2D eigenvalue weighted by Gasteiger charge is 2.26. The van der Waals surface area contributed by atoms with E-state index in [0.717, 1.165) is 6.42 Å². The molecule has 7 nitrogen and oxygen atoms in total. The lowest BCUT2D eigenvalue weighted by Crippen LogP contribution is -2.44. The zero-order valence-electron chi connectivity index (χ0n) is 15.7. The zero-order valence-corrected chi connectivity index (χ0v) is 17.4. The zero-order chi connectivity index (χ0) is 20.7. The van der Waals surface area contributed by atoms with Crippen molar-refractivity contribution >= 4 is 47.1 Å². The number of rotatable bonds is 8. The smallest absolute Gasteiger partial charge is 0.259 e. The number of thiophene rings is 1. The normalized spacial score (nSPS) is 12.6. The Balaban J connectivity index is 2.43. The van der Waals surface area contributed by atoms with Gasteiger partial charge in [-0.2, -0.15) is 0 Å². The minimum atomic E-state index is -0.548. The summed E-state index contributed by atoms with van der Waals surface area (Å²) in [6.07, 6.45) is 3.82. The average Bonchev–Trinajstić information content (AvgIpc) is 3.17. The first-order chi connectivity index (χ1) is 13.3. The summed E-state index contributed by atoms with van der Waals surface area (Å²) in [5.74, 6) is -0.714. The Hall–Kier alpha value is -2.65. The molecule has 0 aromatic carbocycles. The molecule has 2 rings (SSSR count). The van der Waals surface area contributed by atoms with E-state index in [4.69, 9.17) is 11.1 Å². The van der Waals surface area contributed by atoms with E-state index in [0.29, 0.717) is 27.9 Å². The summed E-state index contributed by atoms with van der Waals surface area (Å²) in [4.78, 5) is 22.1. The SMILES string of the molecule is CC(C)CCNC(=O)/C(C(N)=Nc1ccncc1S)=C(/O)C(=[NH2+])c1cccs1. The van der Waals surface area contributed by atoms with Crippen molar-refractivity contribution < 1.29 is 15.3 Å². The number of hydrogen-bond acceptors (Lipinski definition) is 6. The van der Waals surface area contributed by atoms with Crippen molar-refractivity contribution in [2.45, 2.75) is 25.2 Å². The summed E-state index contributed by atoms with van der Waals surface area (Å²) in [7, 11) is 0. The first-order valence-electron chi connectivity index (χ1n) is 8.66. The molecule has 1 amide bonds. The van der Waals surface area contributed by atoms with Crippen LogP contribution in [0.15, 0.2) is 57.2 Å². The Labute approximate surface area is 173 Å². The van der Waals surface area contributed by atoms with Gasteiger partial charge in [-0.25, -0.2) is 10.4 Å². The van der Waals surface area contributed by atoms with E-state index in [9.17, 15) is 9.90 Å². The molecule has 6 N–H and O–H groups in total. The molecule has 2 aromatic rings. The maximum Gasteiger partial charge on any atom is 0.259 e. The largest absolute Gasteiger partial charge is 0.502 e. The Morgan fingerprint density at radius 1 is 1.46 bits per heavy atom. The van der Waals surface area contributed by atoms with Crippen LogP contribution in [-0.4, -0.2) is 34.1 Å². The van der Waals surface area contributed by atoms with Crippen molar-refractivity contribution in [2.24, 2.45) is 16.6 Å². The van der Waals surface area contributed by atoms with Crippen molar-refractivity contribution in [1.82, 2.24) is 10.3 Å². The van der Waals surface area contributed by atoms with Crippen LogP contribution in [-0.2, 0) is 4.79 Å². The van der Waals surface area contributed by atoms with Gasteiger partial charge < -0.3 is 16.2 Å². The second kappa shape index (κ2) is 10.0. The molecule has 0 spiro atoms. The fraction of sp³-hybridized carbons (Fsp3) is 0.263. The average molecular weight is 419 g/mol. The van der Waals surface area contributed by atoms with E-state index in [2.05, 4.69) is 41.8 Å². The second-order valence-corrected chi connectivity index (χ2v) is 7.84. The van der Waals surface area contributed by atoms with Crippen molar-refractivity contribution in [3.63, 3.8) is 0 Å². The van der Waals surface area contributed by atoms with Gasteiger partial charge in [0.25, 0.3) is 11.6 Å². The standard InChI is InChI=1S/C19H23N5O2S2/c1-11(2)5-8-23-19(26)15(17(25)16(20)14-4-3-9-28-14)18(21)24-12-6-7-22-10-13(12)27/h3-4,6-7,9-11,20,25,27H,5,8H2,1-2H3,(H,23,26)(H2,21,22,24)/p+1/b17-15+,20-16?. The number of nitrogens with two attached hydrogens (primary N) is 2. The topological polar surface area (TPSA) is 126 Å². The highest BCUT2D eigenvalue weighted by Crippen LogP contribution is 2.22. The lowest BCUT2D eigenvalue weighted by molar-refractivity contribution is -0.118. The van der Waals surface area contributed by atoms with Crippen LogP contribution in [0, 0.1) is 5.92 Å². The first-order valence-corrected chi connectivity index (χ1v) is 9.99. The van der Waals surface area contributed by atoms with Gasteiger partial charge in [-0.05, 0) is 29.9 Å². The summed E-state index contributed by atoms with van der Waals surface area (Å²) < 4.78 is 0. The Kier molecular flexibility index (Phi) is 7.77. The molecule has 0 saturated carbocycles. The number of aromatic nitrogens is 1. The van der Waals surface area contributed by atoms with Gasteiger partial charge in [-0.3, -0.25) is 9.78 Å². The van der Waals surface area contributed by atoms with Crippen LogP contribution in [0.3, 0.4) is 0 Å².